The lowest BCUT2D eigenvalue weighted by atomic mass is 9.62. The van der Waals surface area contributed by atoms with Crippen LogP contribution in [0, 0.1) is 22.7 Å². The minimum Gasteiger partial charge on any atom is -0.381 e. The van der Waals surface area contributed by atoms with E-state index < -0.39 is 0 Å². The van der Waals surface area contributed by atoms with Crippen molar-refractivity contribution in [3.63, 3.8) is 0 Å². The number of methoxy groups -OCH3 is 1. The smallest absolute Gasteiger partial charge is 0.0638 e. The van der Waals surface area contributed by atoms with Gasteiger partial charge >= 0.3 is 0 Å². The number of fused-ring (bicyclic) bond motifs is 2. The zero-order valence-electron chi connectivity index (χ0n) is 10.3. The molecule has 0 spiro atoms. The van der Waals surface area contributed by atoms with E-state index in [1.807, 2.05) is 7.11 Å². The number of hydrogen-bond acceptors (Lipinski definition) is 1. The molecule has 0 heterocycles. The van der Waals surface area contributed by atoms with E-state index >= 15 is 0 Å². The highest BCUT2D eigenvalue weighted by Gasteiger charge is 2.65. The molecule has 0 aromatic heterocycles. The Bertz CT molecular complexity index is 231. The Morgan fingerprint density at radius 2 is 1.93 bits per heavy atom. The van der Waals surface area contributed by atoms with E-state index in [2.05, 4.69) is 27.7 Å². The lowest BCUT2D eigenvalue weighted by Gasteiger charge is -2.45. The van der Waals surface area contributed by atoms with Crippen molar-refractivity contribution < 1.29 is 4.74 Å². The molecule has 3 atom stereocenters. The van der Waals surface area contributed by atoms with Gasteiger partial charge in [-0.3, -0.25) is 0 Å². The number of ether oxygens (including phenoxy) is 1. The van der Waals surface area contributed by atoms with E-state index in [1.54, 1.807) is 0 Å². The summed E-state index contributed by atoms with van der Waals surface area (Å²) in [6.45, 7) is 9.68. The van der Waals surface area contributed by atoms with E-state index in [1.165, 1.54) is 19.3 Å². The van der Waals surface area contributed by atoms with Crippen molar-refractivity contribution in [1.29, 1.82) is 0 Å². The van der Waals surface area contributed by atoms with Gasteiger partial charge in [0.05, 0.1) is 6.10 Å². The molecule has 0 aromatic carbocycles. The first-order valence-corrected chi connectivity index (χ1v) is 5.99. The van der Waals surface area contributed by atoms with E-state index in [0.29, 0.717) is 16.9 Å². The molecule has 2 aliphatic rings. The van der Waals surface area contributed by atoms with Crippen molar-refractivity contribution in [3.8, 4) is 0 Å². The van der Waals surface area contributed by atoms with Crippen LogP contribution in [-0.4, -0.2) is 13.2 Å². The molecular weight excluding hydrogens is 172 g/mol. The second-order valence-electron chi connectivity index (χ2n) is 6.11. The fourth-order valence-corrected chi connectivity index (χ4v) is 4.64. The van der Waals surface area contributed by atoms with Crippen LogP contribution in [-0.2, 0) is 4.74 Å². The predicted octanol–water partition coefficient (Wildman–Crippen LogP) is 3.48. The summed E-state index contributed by atoms with van der Waals surface area (Å²) < 4.78 is 5.75. The first-order valence-electron chi connectivity index (χ1n) is 5.99. The van der Waals surface area contributed by atoms with Gasteiger partial charge in [0.1, 0.15) is 0 Å². The normalized spacial score (nSPS) is 45.0. The molecule has 0 N–H and O–H groups in total. The van der Waals surface area contributed by atoms with Gasteiger partial charge in [-0.05, 0) is 36.5 Å². The lowest BCUT2D eigenvalue weighted by Crippen LogP contribution is -2.43. The van der Waals surface area contributed by atoms with E-state index in [9.17, 15) is 0 Å². The average molecular weight is 196 g/mol. The van der Waals surface area contributed by atoms with Crippen molar-refractivity contribution in [2.75, 3.05) is 7.11 Å². The second-order valence-corrected chi connectivity index (χ2v) is 6.11. The number of rotatable bonds is 2. The van der Waals surface area contributed by atoms with Crippen molar-refractivity contribution >= 4 is 0 Å². The maximum absolute atomic E-state index is 5.75. The predicted molar refractivity (Wildman–Crippen MR) is 59.2 cm³/mol. The standard InChI is InChI=1S/C13H24O/c1-9(2)13-7-6-10(12(13,3)4)8-11(13)14-5/h9-11H,6-8H2,1-5H3. The Morgan fingerprint density at radius 3 is 2.29 bits per heavy atom. The van der Waals surface area contributed by atoms with Gasteiger partial charge in [0.2, 0.25) is 0 Å². The molecule has 2 bridgehead atoms. The lowest BCUT2D eigenvalue weighted by molar-refractivity contribution is -0.0635. The van der Waals surface area contributed by atoms with E-state index in [0.717, 1.165) is 11.8 Å². The Kier molecular flexibility index (Phi) is 2.23. The number of hydrogen-bond donors (Lipinski definition) is 0. The summed E-state index contributed by atoms with van der Waals surface area (Å²) in [6.07, 6.45) is 4.60. The van der Waals surface area contributed by atoms with Crippen LogP contribution in [0.25, 0.3) is 0 Å². The zero-order chi connectivity index (χ0) is 10.6. The highest BCUT2D eigenvalue weighted by molar-refractivity contribution is 5.14. The van der Waals surface area contributed by atoms with Crippen LogP contribution >= 0.6 is 0 Å². The van der Waals surface area contributed by atoms with Gasteiger partial charge in [-0.2, -0.15) is 0 Å². The summed E-state index contributed by atoms with van der Waals surface area (Å²) in [4.78, 5) is 0. The summed E-state index contributed by atoms with van der Waals surface area (Å²) in [6, 6.07) is 0. The fourth-order valence-electron chi connectivity index (χ4n) is 4.64. The quantitative estimate of drug-likeness (QED) is 0.657. The third kappa shape index (κ3) is 0.946. The van der Waals surface area contributed by atoms with Crippen LogP contribution in [0.3, 0.4) is 0 Å². The summed E-state index contributed by atoms with van der Waals surface area (Å²) in [5.74, 6) is 1.64. The molecule has 0 saturated heterocycles. The van der Waals surface area contributed by atoms with Crippen molar-refractivity contribution in [1.82, 2.24) is 0 Å². The summed E-state index contributed by atoms with van der Waals surface area (Å²) in [5, 5.41) is 0. The molecule has 2 saturated carbocycles. The summed E-state index contributed by atoms with van der Waals surface area (Å²) >= 11 is 0. The van der Waals surface area contributed by atoms with Crippen molar-refractivity contribution in [3.05, 3.63) is 0 Å². The molecule has 2 aliphatic carbocycles. The molecule has 14 heavy (non-hydrogen) atoms. The molecule has 0 aromatic rings. The SMILES string of the molecule is COC1CC2CCC1(C(C)C)C2(C)C. The minimum absolute atomic E-state index is 0.451. The average Bonchev–Trinajstić information content (AvgIpc) is 2.51. The van der Waals surface area contributed by atoms with E-state index in [-0.39, 0.29) is 0 Å². The zero-order valence-corrected chi connectivity index (χ0v) is 10.3. The maximum atomic E-state index is 5.75. The Labute approximate surface area is 88.2 Å². The van der Waals surface area contributed by atoms with Gasteiger partial charge in [-0.15, -0.1) is 0 Å². The van der Waals surface area contributed by atoms with Gasteiger partial charge in [-0.1, -0.05) is 27.7 Å². The maximum Gasteiger partial charge on any atom is 0.0638 e. The van der Waals surface area contributed by atoms with Crippen LogP contribution in [0.5, 0.6) is 0 Å². The molecule has 82 valence electrons. The molecule has 0 amide bonds. The molecule has 0 aliphatic heterocycles. The second kappa shape index (κ2) is 2.98. The van der Waals surface area contributed by atoms with Crippen molar-refractivity contribution in [2.45, 2.75) is 53.1 Å². The van der Waals surface area contributed by atoms with Gasteiger partial charge < -0.3 is 4.74 Å². The molecule has 3 unspecified atom stereocenters. The molecule has 0 radical (unpaired) electrons. The molecule has 2 fully saturated rings. The highest BCUT2D eigenvalue weighted by atomic mass is 16.5. The van der Waals surface area contributed by atoms with Crippen LogP contribution < -0.4 is 0 Å². The molecule has 1 heteroatoms. The Balaban J connectivity index is 2.41. The summed E-state index contributed by atoms with van der Waals surface area (Å²) in [7, 11) is 1.89. The molecule has 1 nitrogen and oxygen atoms in total. The van der Waals surface area contributed by atoms with Gasteiger partial charge in [-0.25, -0.2) is 0 Å². The topological polar surface area (TPSA) is 9.23 Å². The fraction of sp³-hybridized carbons (Fsp3) is 1.00. The van der Waals surface area contributed by atoms with Crippen LogP contribution in [0.15, 0.2) is 0 Å². The third-order valence-corrected chi connectivity index (χ3v) is 5.51. The van der Waals surface area contributed by atoms with E-state index in [4.69, 9.17) is 4.74 Å². The highest BCUT2D eigenvalue weighted by Crippen LogP contribution is 2.69. The van der Waals surface area contributed by atoms with Crippen LogP contribution in [0.2, 0.25) is 0 Å². The van der Waals surface area contributed by atoms with Crippen molar-refractivity contribution in [2.24, 2.45) is 22.7 Å². The first-order chi connectivity index (χ1) is 6.46. The van der Waals surface area contributed by atoms with Gasteiger partial charge in [0, 0.05) is 12.5 Å². The Hall–Kier alpha value is -0.0400. The Morgan fingerprint density at radius 1 is 1.29 bits per heavy atom. The molecule has 2 rings (SSSR count). The van der Waals surface area contributed by atoms with Crippen LogP contribution in [0.4, 0.5) is 0 Å². The summed E-state index contributed by atoms with van der Waals surface area (Å²) in [5.41, 5.74) is 0.939. The largest absolute Gasteiger partial charge is 0.381 e. The van der Waals surface area contributed by atoms with Crippen LogP contribution in [0.1, 0.15) is 47.0 Å². The minimum atomic E-state index is 0.451. The van der Waals surface area contributed by atoms with Gasteiger partial charge in [0.15, 0.2) is 0 Å². The monoisotopic (exact) mass is 196 g/mol. The third-order valence-electron chi connectivity index (χ3n) is 5.51. The first kappa shape index (κ1) is 10.5. The molecular formula is C13H24O. The van der Waals surface area contributed by atoms with Gasteiger partial charge in [0.25, 0.3) is 0 Å².